The number of benzene rings is 3. The molecule has 5 rings (SSSR count). The normalized spacial score (nSPS) is 13.8. The second-order valence-electron chi connectivity index (χ2n) is 7.97. The van der Waals surface area contributed by atoms with Crippen LogP contribution < -0.4 is 4.74 Å². The van der Waals surface area contributed by atoms with E-state index in [1.807, 2.05) is 42.5 Å². The number of esters is 1. The Morgan fingerprint density at radius 2 is 1.74 bits per heavy atom. The molecule has 6 heteroatoms. The monoisotopic (exact) mass is 489 g/mol. The summed E-state index contributed by atoms with van der Waals surface area (Å²) in [5.41, 5.74) is 5.41. The predicted octanol–water partition coefficient (Wildman–Crippen LogP) is 7.26. The SMILES string of the molecule is O=C(OCCOc1ccc(Cl)cc1Cl)c1c2c(nc3ccccc13)C(=Cc1ccccc1)CC2. The van der Waals surface area contributed by atoms with Crippen LogP contribution in [-0.4, -0.2) is 24.2 Å². The molecule has 1 aromatic heterocycles. The van der Waals surface area contributed by atoms with Crippen molar-refractivity contribution in [1.82, 2.24) is 4.98 Å². The van der Waals surface area contributed by atoms with Gasteiger partial charge in [0.15, 0.2) is 0 Å². The number of pyridine rings is 1. The number of para-hydroxylation sites is 1. The quantitative estimate of drug-likeness (QED) is 0.211. The number of hydrogen-bond donors (Lipinski definition) is 0. The lowest BCUT2D eigenvalue weighted by Crippen LogP contribution is -2.15. The first-order valence-electron chi connectivity index (χ1n) is 11.0. The van der Waals surface area contributed by atoms with E-state index in [9.17, 15) is 4.79 Å². The zero-order valence-corrected chi connectivity index (χ0v) is 19.8. The molecule has 4 nitrogen and oxygen atoms in total. The van der Waals surface area contributed by atoms with Crippen LogP contribution in [-0.2, 0) is 11.2 Å². The maximum atomic E-state index is 13.2. The summed E-state index contributed by atoms with van der Waals surface area (Å²) < 4.78 is 11.3. The van der Waals surface area contributed by atoms with Gasteiger partial charge in [-0.05, 0) is 59.9 Å². The number of aromatic nitrogens is 1. The minimum absolute atomic E-state index is 0.0932. The molecule has 0 atom stereocenters. The van der Waals surface area contributed by atoms with Gasteiger partial charge in [-0.3, -0.25) is 0 Å². The van der Waals surface area contributed by atoms with Crippen molar-refractivity contribution in [2.24, 2.45) is 0 Å². The highest BCUT2D eigenvalue weighted by atomic mass is 35.5. The third-order valence-electron chi connectivity index (χ3n) is 5.75. The Balaban J connectivity index is 1.39. The lowest BCUT2D eigenvalue weighted by Gasteiger charge is -2.13. The van der Waals surface area contributed by atoms with Gasteiger partial charge in [-0.25, -0.2) is 9.78 Å². The largest absolute Gasteiger partial charge is 0.488 e. The Kier molecular flexibility index (Phi) is 6.52. The fourth-order valence-electron chi connectivity index (χ4n) is 4.21. The maximum absolute atomic E-state index is 13.2. The molecule has 0 N–H and O–H groups in total. The topological polar surface area (TPSA) is 48.4 Å². The van der Waals surface area contributed by atoms with Crippen LogP contribution in [0.15, 0.2) is 72.8 Å². The van der Waals surface area contributed by atoms with Crippen molar-refractivity contribution in [2.45, 2.75) is 12.8 Å². The molecule has 1 aliphatic rings. The second-order valence-corrected chi connectivity index (χ2v) is 8.81. The summed E-state index contributed by atoms with van der Waals surface area (Å²) in [5.74, 6) is 0.120. The summed E-state index contributed by atoms with van der Waals surface area (Å²) in [4.78, 5) is 18.1. The lowest BCUT2D eigenvalue weighted by atomic mass is 10.0. The van der Waals surface area contributed by atoms with Gasteiger partial charge >= 0.3 is 5.97 Å². The molecule has 0 spiro atoms. The highest BCUT2D eigenvalue weighted by Crippen LogP contribution is 2.37. The van der Waals surface area contributed by atoms with Crippen LogP contribution in [0.3, 0.4) is 0 Å². The number of carbonyl (C=O) groups is 1. The van der Waals surface area contributed by atoms with Crippen molar-refractivity contribution in [3.8, 4) is 5.75 Å². The van der Waals surface area contributed by atoms with E-state index in [0.717, 1.165) is 46.1 Å². The van der Waals surface area contributed by atoms with Crippen LogP contribution >= 0.6 is 23.2 Å². The van der Waals surface area contributed by atoms with Gasteiger partial charge in [-0.1, -0.05) is 71.7 Å². The molecule has 0 saturated carbocycles. The molecule has 0 aliphatic heterocycles. The van der Waals surface area contributed by atoms with Crippen molar-refractivity contribution in [3.05, 3.63) is 105 Å². The molecule has 4 aromatic rings. The number of ether oxygens (including phenoxy) is 2. The van der Waals surface area contributed by atoms with E-state index in [1.165, 1.54) is 0 Å². The van der Waals surface area contributed by atoms with E-state index in [-0.39, 0.29) is 19.2 Å². The minimum atomic E-state index is -0.374. The average molecular weight is 490 g/mol. The predicted molar refractivity (Wildman–Crippen MR) is 137 cm³/mol. The number of nitrogens with zero attached hydrogens (tertiary/aromatic N) is 1. The van der Waals surface area contributed by atoms with E-state index in [2.05, 4.69) is 18.2 Å². The number of fused-ring (bicyclic) bond motifs is 2. The first-order chi connectivity index (χ1) is 16.6. The number of hydrogen-bond acceptors (Lipinski definition) is 4. The smallest absolute Gasteiger partial charge is 0.339 e. The molecule has 0 fully saturated rings. The first kappa shape index (κ1) is 22.5. The van der Waals surface area contributed by atoms with Gasteiger partial charge in [0.1, 0.15) is 19.0 Å². The molecule has 0 radical (unpaired) electrons. The highest BCUT2D eigenvalue weighted by Gasteiger charge is 2.27. The standard InChI is InChI=1S/C28H21Cl2NO3/c29-20-11-13-25(23(30)17-20)33-14-15-34-28(32)26-21-8-4-5-9-24(21)31-27-19(10-12-22(26)27)16-18-6-2-1-3-7-18/h1-9,11,13,16-17H,10,12,14-15H2. The minimum Gasteiger partial charge on any atom is -0.488 e. The van der Waals surface area contributed by atoms with Crippen molar-refractivity contribution < 1.29 is 14.3 Å². The van der Waals surface area contributed by atoms with Crippen molar-refractivity contribution in [3.63, 3.8) is 0 Å². The van der Waals surface area contributed by atoms with Gasteiger partial charge in [0.2, 0.25) is 0 Å². The molecule has 0 saturated heterocycles. The fraction of sp³-hybridized carbons (Fsp3) is 0.143. The summed E-state index contributed by atoms with van der Waals surface area (Å²) in [6, 6.07) is 22.8. The number of carbonyl (C=O) groups excluding carboxylic acids is 1. The molecule has 1 aliphatic carbocycles. The molecule has 170 valence electrons. The van der Waals surface area contributed by atoms with Crippen LogP contribution in [0.5, 0.6) is 5.75 Å². The second kappa shape index (κ2) is 9.88. The lowest BCUT2D eigenvalue weighted by molar-refractivity contribution is 0.0451. The summed E-state index contributed by atoms with van der Waals surface area (Å²) in [6.07, 6.45) is 3.71. The van der Waals surface area contributed by atoms with Gasteiger partial charge in [-0.2, -0.15) is 0 Å². The van der Waals surface area contributed by atoms with Gasteiger partial charge in [-0.15, -0.1) is 0 Å². The van der Waals surface area contributed by atoms with Crippen molar-refractivity contribution in [2.75, 3.05) is 13.2 Å². The number of rotatable bonds is 6. The van der Waals surface area contributed by atoms with Crippen LogP contribution in [0.4, 0.5) is 0 Å². The average Bonchev–Trinajstić information content (AvgIpc) is 3.23. The van der Waals surface area contributed by atoms with E-state index in [1.54, 1.807) is 18.2 Å². The van der Waals surface area contributed by atoms with E-state index in [0.29, 0.717) is 21.4 Å². The number of halogens is 2. The maximum Gasteiger partial charge on any atom is 0.339 e. The Morgan fingerprint density at radius 1 is 0.941 bits per heavy atom. The van der Waals surface area contributed by atoms with Gasteiger partial charge in [0.05, 0.1) is 21.8 Å². The molecule has 1 heterocycles. The third-order valence-corrected chi connectivity index (χ3v) is 6.28. The molecule has 34 heavy (non-hydrogen) atoms. The summed E-state index contributed by atoms with van der Waals surface area (Å²) in [7, 11) is 0. The Bertz CT molecular complexity index is 1400. The van der Waals surface area contributed by atoms with E-state index < -0.39 is 0 Å². The fourth-order valence-corrected chi connectivity index (χ4v) is 4.68. The summed E-state index contributed by atoms with van der Waals surface area (Å²) in [5, 5.41) is 1.74. The molecular formula is C28H21Cl2NO3. The molecule has 0 bridgehead atoms. The first-order valence-corrected chi connectivity index (χ1v) is 11.8. The van der Waals surface area contributed by atoms with Gasteiger partial charge < -0.3 is 9.47 Å². The molecule has 0 unspecified atom stereocenters. The van der Waals surface area contributed by atoms with Gasteiger partial charge in [0, 0.05) is 10.4 Å². The Labute approximate surface area is 207 Å². The van der Waals surface area contributed by atoms with Crippen molar-refractivity contribution in [1.29, 1.82) is 0 Å². The summed E-state index contributed by atoms with van der Waals surface area (Å²) >= 11 is 12.1. The van der Waals surface area contributed by atoms with Gasteiger partial charge in [0.25, 0.3) is 0 Å². The third kappa shape index (κ3) is 4.65. The van der Waals surface area contributed by atoms with Crippen LogP contribution in [0.1, 0.15) is 33.6 Å². The van der Waals surface area contributed by atoms with E-state index in [4.69, 9.17) is 37.7 Å². The number of allylic oxidation sites excluding steroid dienone is 1. The van der Waals surface area contributed by atoms with Crippen LogP contribution in [0.25, 0.3) is 22.6 Å². The van der Waals surface area contributed by atoms with E-state index >= 15 is 0 Å². The zero-order chi connectivity index (χ0) is 23.5. The molecule has 3 aromatic carbocycles. The zero-order valence-electron chi connectivity index (χ0n) is 18.3. The van der Waals surface area contributed by atoms with Crippen molar-refractivity contribution >= 4 is 51.7 Å². The summed E-state index contributed by atoms with van der Waals surface area (Å²) in [6.45, 7) is 0.271. The Morgan fingerprint density at radius 3 is 2.56 bits per heavy atom. The van der Waals surface area contributed by atoms with Crippen LogP contribution in [0.2, 0.25) is 10.0 Å². The molecule has 0 amide bonds. The molecular weight excluding hydrogens is 469 g/mol. The highest BCUT2D eigenvalue weighted by molar-refractivity contribution is 6.35. The van der Waals surface area contributed by atoms with Crippen LogP contribution in [0, 0.1) is 0 Å². The Hall–Kier alpha value is -3.34.